The first kappa shape index (κ1) is 13.4. The van der Waals surface area contributed by atoms with E-state index in [2.05, 4.69) is 37.6 Å². The van der Waals surface area contributed by atoms with Crippen molar-refractivity contribution in [2.45, 2.75) is 10.1 Å². The molecule has 8 heteroatoms. The number of nitrogens with one attached hydrogen (secondary N) is 2. The summed E-state index contributed by atoms with van der Waals surface area (Å²) < 4.78 is 2.00. The van der Waals surface area contributed by atoms with Crippen molar-refractivity contribution in [1.29, 1.82) is 0 Å². The van der Waals surface area contributed by atoms with Crippen LogP contribution in [-0.2, 0) is 7.05 Å². The number of rotatable bonds is 4. The molecule has 0 bridgehead atoms. The van der Waals surface area contributed by atoms with Gasteiger partial charge in [-0.3, -0.25) is 5.10 Å². The molecule has 0 unspecified atom stereocenters. The van der Waals surface area contributed by atoms with Crippen molar-refractivity contribution in [1.82, 2.24) is 24.7 Å². The number of benzene rings is 1. The number of hydrogen-bond donors (Lipinski definition) is 2. The van der Waals surface area contributed by atoms with Crippen LogP contribution in [0.5, 0.6) is 0 Å². The highest BCUT2D eigenvalue weighted by molar-refractivity contribution is 7.99. The molecule has 1 aromatic carbocycles. The Kier molecular flexibility index (Phi) is 3.32. The molecule has 0 saturated carbocycles. The van der Waals surface area contributed by atoms with Gasteiger partial charge in [0.1, 0.15) is 0 Å². The molecule has 0 atom stereocenters. The van der Waals surface area contributed by atoms with Crippen LogP contribution in [-0.4, -0.2) is 24.7 Å². The minimum atomic E-state index is 0.784. The van der Waals surface area contributed by atoms with Crippen molar-refractivity contribution in [3.63, 3.8) is 0 Å². The van der Waals surface area contributed by atoms with E-state index in [1.807, 2.05) is 29.3 Å². The van der Waals surface area contributed by atoms with Gasteiger partial charge in [-0.1, -0.05) is 11.8 Å². The summed E-state index contributed by atoms with van der Waals surface area (Å²) in [5, 5.41) is 15.3. The highest BCUT2D eigenvalue weighted by Crippen LogP contribution is 2.31. The predicted molar refractivity (Wildman–Crippen MR) is 88.8 cm³/mol. The van der Waals surface area contributed by atoms with Crippen molar-refractivity contribution in [3.8, 4) is 0 Å². The topological polar surface area (TPSA) is 71.4 Å². The van der Waals surface area contributed by atoms with Crippen molar-refractivity contribution in [2.24, 2.45) is 7.05 Å². The second-order valence-electron chi connectivity index (χ2n) is 4.66. The van der Waals surface area contributed by atoms with Gasteiger partial charge in [-0.2, -0.15) is 5.10 Å². The van der Waals surface area contributed by atoms with Gasteiger partial charge in [0.2, 0.25) is 0 Å². The van der Waals surface area contributed by atoms with Crippen LogP contribution in [0.25, 0.3) is 10.9 Å². The fourth-order valence-electron chi connectivity index (χ4n) is 2.09. The summed E-state index contributed by atoms with van der Waals surface area (Å²) in [5.41, 5.74) is 0.989. The van der Waals surface area contributed by atoms with E-state index in [9.17, 15) is 0 Å². The first-order chi connectivity index (χ1) is 10.8. The van der Waals surface area contributed by atoms with E-state index in [0.29, 0.717) is 0 Å². The van der Waals surface area contributed by atoms with Crippen LogP contribution in [0.1, 0.15) is 0 Å². The zero-order valence-electron chi connectivity index (χ0n) is 11.6. The number of H-pyrrole nitrogens is 1. The Labute approximate surface area is 134 Å². The molecule has 110 valence electrons. The standard InChI is InChI=1S/C14H12N6S2/c1-20-6-4-16-14(20)22-9-2-3-11-10(8-9)12(19-18-11)17-13-15-5-7-21-13/h2-8H,1H3,(H2,15,17,18,19). The average Bonchev–Trinajstić information content (AvgIpc) is 3.24. The molecule has 0 spiro atoms. The van der Waals surface area contributed by atoms with Gasteiger partial charge in [-0.05, 0) is 18.2 Å². The number of imidazole rings is 1. The van der Waals surface area contributed by atoms with Gasteiger partial charge in [0.05, 0.1) is 5.52 Å². The zero-order chi connectivity index (χ0) is 14.9. The summed E-state index contributed by atoms with van der Waals surface area (Å²) in [5.74, 6) is 0.784. The minimum Gasteiger partial charge on any atom is -0.329 e. The molecule has 0 radical (unpaired) electrons. The molecule has 0 amide bonds. The summed E-state index contributed by atoms with van der Waals surface area (Å²) in [6.45, 7) is 0. The molecule has 3 aromatic heterocycles. The van der Waals surface area contributed by atoms with Crippen LogP contribution >= 0.6 is 23.1 Å². The molecule has 22 heavy (non-hydrogen) atoms. The fraction of sp³-hybridized carbons (Fsp3) is 0.0714. The van der Waals surface area contributed by atoms with Crippen LogP contribution < -0.4 is 5.32 Å². The van der Waals surface area contributed by atoms with Crippen LogP contribution in [0.3, 0.4) is 0 Å². The molecule has 0 saturated heterocycles. The van der Waals surface area contributed by atoms with Crippen LogP contribution in [0.2, 0.25) is 0 Å². The Morgan fingerprint density at radius 1 is 1.27 bits per heavy atom. The van der Waals surface area contributed by atoms with Crippen LogP contribution in [0.4, 0.5) is 10.9 Å². The molecule has 2 N–H and O–H groups in total. The highest BCUT2D eigenvalue weighted by atomic mass is 32.2. The molecule has 6 nitrogen and oxygen atoms in total. The second-order valence-corrected chi connectivity index (χ2v) is 6.60. The number of thiazole rings is 1. The maximum atomic E-state index is 4.34. The Morgan fingerprint density at radius 2 is 2.23 bits per heavy atom. The molecule has 4 rings (SSSR count). The van der Waals surface area contributed by atoms with Gasteiger partial charge in [-0.25, -0.2) is 9.97 Å². The number of fused-ring (bicyclic) bond motifs is 1. The van der Waals surface area contributed by atoms with E-state index in [1.165, 1.54) is 0 Å². The summed E-state index contributed by atoms with van der Waals surface area (Å²) >= 11 is 3.17. The number of aryl methyl sites for hydroxylation is 1. The Balaban J connectivity index is 1.68. The SMILES string of the molecule is Cn1ccnc1Sc1ccc2[nH]nc(Nc3nccs3)c2c1. The van der Waals surface area contributed by atoms with Crippen LogP contribution in [0, 0.1) is 0 Å². The molecular formula is C14H12N6S2. The summed E-state index contributed by atoms with van der Waals surface area (Å²) in [4.78, 5) is 9.68. The van der Waals surface area contributed by atoms with E-state index in [0.717, 1.165) is 31.9 Å². The Morgan fingerprint density at radius 3 is 3.00 bits per heavy atom. The predicted octanol–water partition coefficient (Wildman–Crippen LogP) is 3.65. The van der Waals surface area contributed by atoms with Gasteiger partial charge in [-0.15, -0.1) is 11.3 Å². The van der Waals surface area contributed by atoms with E-state index >= 15 is 0 Å². The van der Waals surface area contributed by atoms with Crippen LogP contribution in [0.15, 0.2) is 52.2 Å². The molecule has 3 heterocycles. The molecule has 0 aliphatic rings. The third-order valence-electron chi connectivity index (χ3n) is 3.18. The number of aromatic amines is 1. The van der Waals surface area contributed by atoms with Gasteiger partial charge in [0, 0.05) is 41.3 Å². The minimum absolute atomic E-state index is 0.784. The smallest absolute Gasteiger partial charge is 0.188 e. The largest absolute Gasteiger partial charge is 0.329 e. The summed E-state index contributed by atoms with van der Waals surface area (Å²) in [7, 11) is 1.99. The molecule has 0 aliphatic carbocycles. The van der Waals surface area contributed by atoms with Gasteiger partial charge < -0.3 is 9.88 Å². The third kappa shape index (κ3) is 2.46. The lowest BCUT2D eigenvalue weighted by Crippen LogP contribution is -1.90. The Hall–Kier alpha value is -2.32. The van der Waals surface area contributed by atoms with E-state index in [-0.39, 0.29) is 0 Å². The van der Waals surface area contributed by atoms with E-state index < -0.39 is 0 Å². The Bertz CT molecular complexity index is 909. The number of nitrogens with zero attached hydrogens (tertiary/aromatic N) is 4. The first-order valence-corrected chi connectivity index (χ1v) is 8.29. The number of anilines is 2. The molecule has 4 aromatic rings. The quantitative estimate of drug-likeness (QED) is 0.598. The summed E-state index contributed by atoms with van der Waals surface area (Å²) in [6, 6.07) is 6.20. The maximum absolute atomic E-state index is 4.34. The monoisotopic (exact) mass is 328 g/mol. The van der Waals surface area contributed by atoms with Crippen molar-refractivity contribution in [2.75, 3.05) is 5.32 Å². The highest BCUT2D eigenvalue weighted by Gasteiger charge is 2.09. The molecule has 0 fully saturated rings. The van der Waals surface area contributed by atoms with Gasteiger partial charge in [0.15, 0.2) is 16.1 Å². The fourth-order valence-corrected chi connectivity index (χ4v) is 3.46. The lowest BCUT2D eigenvalue weighted by atomic mass is 10.2. The number of hydrogen-bond acceptors (Lipinski definition) is 6. The van der Waals surface area contributed by atoms with Crippen molar-refractivity contribution < 1.29 is 0 Å². The van der Waals surface area contributed by atoms with Gasteiger partial charge >= 0.3 is 0 Å². The normalized spacial score (nSPS) is 11.1. The van der Waals surface area contributed by atoms with Crippen molar-refractivity contribution >= 4 is 45.0 Å². The zero-order valence-corrected chi connectivity index (χ0v) is 13.3. The summed E-state index contributed by atoms with van der Waals surface area (Å²) in [6.07, 6.45) is 5.51. The van der Waals surface area contributed by atoms with Crippen molar-refractivity contribution in [3.05, 3.63) is 42.2 Å². The third-order valence-corrected chi connectivity index (χ3v) is 4.93. The lowest BCUT2D eigenvalue weighted by Gasteiger charge is -2.03. The van der Waals surface area contributed by atoms with E-state index in [4.69, 9.17) is 0 Å². The van der Waals surface area contributed by atoms with Gasteiger partial charge in [0.25, 0.3) is 0 Å². The van der Waals surface area contributed by atoms with E-state index in [1.54, 1.807) is 35.5 Å². The second kappa shape index (κ2) is 5.47. The average molecular weight is 328 g/mol. The molecular weight excluding hydrogens is 316 g/mol. The number of aromatic nitrogens is 5. The maximum Gasteiger partial charge on any atom is 0.188 e. The molecule has 0 aliphatic heterocycles. The first-order valence-electron chi connectivity index (χ1n) is 6.59. The lowest BCUT2D eigenvalue weighted by molar-refractivity contribution is 0.790.